The number of fused-ring (bicyclic) bond motifs is 1. The van der Waals surface area contributed by atoms with Gasteiger partial charge in [0.15, 0.2) is 0 Å². The van der Waals surface area contributed by atoms with Crippen molar-refractivity contribution in [3.05, 3.63) is 39.7 Å². The number of aryl methyl sites for hydroxylation is 1. The maximum absolute atomic E-state index is 12.3. The Bertz CT molecular complexity index is 849. The molecular formula is C19H22O6. The molecule has 0 aliphatic carbocycles. The Hall–Kier alpha value is -2.63. The number of ether oxygens (including phenoxy) is 2. The Morgan fingerprint density at radius 3 is 2.48 bits per heavy atom. The third-order valence-electron chi connectivity index (χ3n) is 3.89. The minimum absolute atomic E-state index is 0.258. The van der Waals surface area contributed by atoms with Crippen LogP contribution in [0.1, 0.15) is 44.7 Å². The minimum Gasteiger partial charge on any atom is -0.462 e. The van der Waals surface area contributed by atoms with Gasteiger partial charge in [-0.15, -0.1) is 0 Å². The summed E-state index contributed by atoms with van der Waals surface area (Å²) < 4.78 is 15.7. The molecule has 0 N–H and O–H groups in total. The molecule has 2 rings (SSSR count). The highest BCUT2D eigenvalue weighted by atomic mass is 16.5. The lowest BCUT2D eigenvalue weighted by molar-refractivity contribution is -0.147. The van der Waals surface area contributed by atoms with Gasteiger partial charge in [0.05, 0.1) is 0 Å². The molecule has 1 atom stereocenters. The summed E-state index contributed by atoms with van der Waals surface area (Å²) in [6.07, 6.45) is 0.405. The highest BCUT2D eigenvalue weighted by Gasteiger charge is 2.17. The van der Waals surface area contributed by atoms with Crippen molar-refractivity contribution < 1.29 is 23.5 Å². The summed E-state index contributed by atoms with van der Waals surface area (Å²) in [5.74, 6) is -0.334. The molecule has 0 amide bonds. The van der Waals surface area contributed by atoms with E-state index in [1.807, 2.05) is 6.92 Å². The van der Waals surface area contributed by atoms with E-state index in [0.717, 1.165) is 10.9 Å². The number of esters is 2. The van der Waals surface area contributed by atoms with E-state index in [0.29, 0.717) is 16.9 Å². The zero-order valence-corrected chi connectivity index (χ0v) is 14.9. The van der Waals surface area contributed by atoms with E-state index in [4.69, 9.17) is 13.9 Å². The zero-order valence-electron chi connectivity index (χ0n) is 14.9. The molecule has 0 aliphatic heterocycles. The van der Waals surface area contributed by atoms with Crippen molar-refractivity contribution in [2.24, 2.45) is 0 Å². The molecule has 1 aromatic heterocycles. The van der Waals surface area contributed by atoms with Crippen LogP contribution in [0, 0.1) is 6.92 Å². The number of rotatable bonds is 6. The van der Waals surface area contributed by atoms with Crippen LogP contribution in [-0.2, 0) is 20.7 Å². The molecule has 2 aromatic rings. The summed E-state index contributed by atoms with van der Waals surface area (Å²) in [6, 6.07) is 4.94. The molecule has 134 valence electrons. The van der Waals surface area contributed by atoms with Crippen molar-refractivity contribution >= 4 is 22.9 Å². The van der Waals surface area contributed by atoms with Crippen molar-refractivity contribution in [3.8, 4) is 5.75 Å². The lowest BCUT2D eigenvalue weighted by atomic mass is 10.0. The van der Waals surface area contributed by atoms with Crippen LogP contribution in [0.2, 0.25) is 0 Å². The summed E-state index contributed by atoms with van der Waals surface area (Å²) in [7, 11) is 0. The van der Waals surface area contributed by atoms with Gasteiger partial charge in [-0.1, -0.05) is 13.8 Å². The van der Waals surface area contributed by atoms with Crippen LogP contribution >= 0.6 is 0 Å². The number of hydrogen-bond acceptors (Lipinski definition) is 6. The van der Waals surface area contributed by atoms with Gasteiger partial charge in [-0.25, -0.2) is 4.79 Å². The van der Waals surface area contributed by atoms with Crippen molar-refractivity contribution in [2.75, 3.05) is 0 Å². The SMILES string of the molecule is CCC(=O)Oc1ccc2c(C)c(CC(C)OC(=O)CC)c(=O)oc2c1. The van der Waals surface area contributed by atoms with E-state index in [1.54, 1.807) is 32.9 Å². The number of benzene rings is 1. The fourth-order valence-corrected chi connectivity index (χ4v) is 2.51. The fourth-order valence-electron chi connectivity index (χ4n) is 2.51. The normalized spacial score (nSPS) is 12.0. The van der Waals surface area contributed by atoms with E-state index < -0.39 is 11.7 Å². The summed E-state index contributed by atoms with van der Waals surface area (Å²) >= 11 is 0. The Morgan fingerprint density at radius 2 is 1.84 bits per heavy atom. The second-order valence-electron chi connectivity index (χ2n) is 5.84. The largest absolute Gasteiger partial charge is 0.462 e. The van der Waals surface area contributed by atoms with E-state index in [9.17, 15) is 14.4 Å². The Morgan fingerprint density at radius 1 is 1.16 bits per heavy atom. The highest BCUT2D eigenvalue weighted by molar-refractivity contribution is 5.83. The molecule has 0 aliphatic rings. The van der Waals surface area contributed by atoms with Gasteiger partial charge in [-0.2, -0.15) is 0 Å². The molecule has 6 nitrogen and oxygen atoms in total. The van der Waals surface area contributed by atoms with Crippen molar-refractivity contribution in [1.82, 2.24) is 0 Å². The lowest BCUT2D eigenvalue weighted by Crippen LogP contribution is -2.21. The predicted octanol–water partition coefficient (Wildman–Crippen LogP) is 3.30. The standard InChI is InChI=1S/C19H22O6/c1-5-17(20)23-11(3)9-15-12(4)14-8-7-13(24-18(21)6-2)10-16(14)25-19(15)22/h7-8,10-11H,5-6,9H2,1-4H3. The molecule has 1 heterocycles. The Kier molecular flexibility index (Phi) is 5.96. The first-order valence-corrected chi connectivity index (χ1v) is 8.32. The summed E-state index contributed by atoms with van der Waals surface area (Å²) in [5.41, 5.74) is 1.11. The van der Waals surface area contributed by atoms with Crippen molar-refractivity contribution in [3.63, 3.8) is 0 Å². The highest BCUT2D eigenvalue weighted by Crippen LogP contribution is 2.25. The maximum atomic E-state index is 12.3. The average molecular weight is 346 g/mol. The van der Waals surface area contributed by atoms with Gasteiger partial charge in [0.25, 0.3) is 0 Å². The summed E-state index contributed by atoms with van der Waals surface area (Å²) in [4.78, 5) is 35.1. The molecule has 0 saturated carbocycles. The monoisotopic (exact) mass is 346 g/mol. The molecule has 0 bridgehead atoms. The third kappa shape index (κ3) is 4.47. The average Bonchev–Trinajstić information content (AvgIpc) is 2.58. The minimum atomic E-state index is -0.483. The van der Waals surface area contributed by atoms with Gasteiger partial charge < -0.3 is 13.9 Å². The van der Waals surface area contributed by atoms with Crippen LogP contribution in [0.5, 0.6) is 5.75 Å². The van der Waals surface area contributed by atoms with Crippen LogP contribution in [0.3, 0.4) is 0 Å². The van der Waals surface area contributed by atoms with Crippen LogP contribution in [0.4, 0.5) is 0 Å². The van der Waals surface area contributed by atoms with Crippen LogP contribution in [-0.4, -0.2) is 18.0 Å². The molecule has 25 heavy (non-hydrogen) atoms. The van der Waals surface area contributed by atoms with Crippen molar-refractivity contribution in [1.29, 1.82) is 0 Å². The second-order valence-corrected chi connectivity index (χ2v) is 5.84. The van der Waals surface area contributed by atoms with Gasteiger partial charge >= 0.3 is 17.6 Å². The molecule has 1 aromatic carbocycles. The number of carbonyl (C=O) groups is 2. The van der Waals surface area contributed by atoms with Gasteiger partial charge in [0.2, 0.25) is 0 Å². The second kappa shape index (κ2) is 7.96. The Labute approximate surface area is 145 Å². The van der Waals surface area contributed by atoms with Crippen molar-refractivity contribution in [2.45, 2.75) is 53.1 Å². The predicted molar refractivity (Wildman–Crippen MR) is 92.7 cm³/mol. The fraction of sp³-hybridized carbons (Fsp3) is 0.421. The molecule has 0 fully saturated rings. The van der Waals surface area contributed by atoms with E-state index in [2.05, 4.69) is 0 Å². The van der Waals surface area contributed by atoms with Gasteiger partial charge in [0.1, 0.15) is 17.4 Å². The molecule has 0 saturated heterocycles. The molecule has 6 heteroatoms. The van der Waals surface area contributed by atoms with E-state index >= 15 is 0 Å². The molecule has 1 unspecified atom stereocenters. The topological polar surface area (TPSA) is 82.8 Å². The van der Waals surface area contributed by atoms with E-state index in [1.165, 1.54) is 6.07 Å². The van der Waals surface area contributed by atoms with E-state index in [-0.39, 0.29) is 31.2 Å². The molecule has 0 radical (unpaired) electrons. The molecule has 0 spiro atoms. The third-order valence-corrected chi connectivity index (χ3v) is 3.89. The summed E-state index contributed by atoms with van der Waals surface area (Å²) in [5, 5.41) is 0.750. The number of hydrogen-bond donors (Lipinski definition) is 0. The maximum Gasteiger partial charge on any atom is 0.339 e. The first-order valence-electron chi connectivity index (χ1n) is 8.32. The van der Waals surface area contributed by atoms with Crippen LogP contribution in [0.15, 0.2) is 27.4 Å². The quantitative estimate of drug-likeness (QED) is 0.453. The zero-order chi connectivity index (χ0) is 18.6. The van der Waals surface area contributed by atoms with Gasteiger partial charge in [-0.3, -0.25) is 9.59 Å². The number of carbonyl (C=O) groups excluding carboxylic acids is 2. The molecular weight excluding hydrogens is 324 g/mol. The van der Waals surface area contributed by atoms with Gasteiger partial charge in [-0.05, 0) is 31.5 Å². The first-order chi connectivity index (χ1) is 11.8. The van der Waals surface area contributed by atoms with Gasteiger partial charge in [0, 0.05) is 36.3 Å². The smallest absolute Gasteiger partial charge is 0.339 e. The summed E-state index contributed by atoms with van der Waals surface area (Å²) in [6.45, 7) is 6.98. The first kappa shape index (κ1) is 18.7. The Balaban J connectivity index is 2.34. The van der Waals surface area contributed by atoms with Crippen LogP contribution < -0.4 is 10.4 Å². The lowest BCUT2D eigenvalue weighted by Gasteiger charge is -2.14. The van der Waals surface area contributed by atoms with Crippen LogP contribution in [0.25, 0.3) is 11.0 Å².